The quantitative estimate of drug-likeness (QED) is 0.840. The first-order valence-electron chi connectivity index (χ1n) is 8.74. The van der Waals surface area contributed by atoms with E-state index in [2.05, 4.69) is 13.8 Å². The number of anilines is 1. The predicted molar refractivity (Wildman–Crippen MR) is 91.5 cm³/mol. The van der Waals surface area contributed by atoms with E-state index in [0.717, 1.165) is 43.7 Å². The number of carbonyl (C=O) groups excluding carboxylic acids is 2. The van der Waals surface area contributed by atoms with Crippen molar-refractivity contribution in [1.29, 1.82) is 0 Å². The van der Waals surface area contributed by atoms with E-state index in [0.29, 0.717) is 18.3 Å². The van der Waals surface area contributed by atoms with Crippen LogP contribution in [-0.4, -0.2) is 36.3 Å². The van der Waals surface area contributed by atoms with Crippen LogP contribution in [0.1, 0.15) is 49.9 Å². The molecule has 0 radical (unpaired) electrons. The van der Waals surface area contributed by atoms with Gasteiger partial charge in [0, 0.05) is 37.3 Å². The minimum Gasteiger partial charge on any atom is -0.338 e. The zero-order valence-electron chi connectivity index (χ0n) is 14.1. The zero-order valence-corrected chi connectivity index (χ0v) is 14.1. The number of likely N-dealkylation sites (tertiary alicyclic amines) is 1. The highest BCUT2D eigenvalue weighted by molar-refractivity contribution is 5.97. The lowest BCUT2D eigenvalue weighted by Crippen LogP contribution is -2.42. The Morgan fingerprint density at radius 3 is 2.30 bits per heavy atom. The lowest BCUT2D eigenvalue weighted by atomic mass is 9.91. The van der Waals surface area contributed by atoms with Crippen LogP contribution in [0, 0.1) is 11.8 Å². The molecule has 2 aliphatic rings. The van der Waals surface area contributed by atoms with Crippen molar-refractivity contribution in [3.63, 3.8) is 0 Å². The Kier molecular flexibility index (Phi) is 4.69. The first-order chi connectivity index (χ1) is 11.0. The van der Waals surface area contributed by atoms with Crippen LogP contribution < -0.4 is 4.90 Å². The van der Waals surface area contributed by atoms with E-state index in [9.17, 15) is 9.59 Å². The van der Waals surface area contributed by atoms with E-state index in [4.69, 9.17) is 0 Å². The molecule has 2 heterocycles. The van der Waals surface area contributed by atoms with Gasteiger partial charge in [-0.05, 0) is 55.4 Å². The summed E-state index contributed by atoms with van der Waals surface area (Å²) in [5.74, 6) is 1.43. The molecule has 1 aromatic carbocycles. The van der Waals surface area contributed by atoms with Crippen molar-refractivity contribution in [2.24, 2.45) is 11.8 Å². The fourth-order valence-electron chi connectivity index (χ4n) is 3.87. The van der Waals surface area contributed by atoms with E-state index in [-0.39, 0.29) is 11.8 Å². The van der Waals surface area contributed by atoms with Gasteiger partial charge >= 0.3 is 0 Å². The largest absolute Gasteiger partial charge is 0.338 e. The van der Waals surface area contributed by atoms with E-state index < -0.39 is 0 Å². The molecule has 0 aromatic heterocycles. The van der Waals surface area contributed by atoms with Crippen LogP contribution in [0.5, 0.6) is 0 Å². The molecule has 124 valence electrons. The second-order valence-electron chi connectivity index (χ2n) is 7.21. The van der Waals surface area contributed by atoms with E-state index >= 15 is 0 Å². The van der Waals surface area contributed by atoms with Gasteiger partial charge in [-0.15, -0.1) is 0 Å². The number of hydrogen-bond acceptors (Lipinski definition) is 2. The van der Waals surface area contributed by atoms with Gasteiger partial charge in [0.25, 0.3) is 5.91 Å². The Balaban J connectivity index is 1.71. The Labute approximate surface area is 138 Å². The molecule has 2 atom stereocenters. The van der Waals surface area contributed by atoms with Crippen molar-refractivity contribution in [3.05, 3.63) is 29.8 Å². The average molecular weight is 314 g/mol. The molecule has 0 saturated carbocycles. The van der Waals surface area contributed by atoms with E-state index in [1.54, 1.807) is 0 Å². The van der Waals surface area contributed by atoms with Crippen molar-refractivity contribution in [2.75, 3.05) is 24.5 Å². The summed E-state index contributed by atoms with van der Waals surface area (Å²) in [6.45, 7) is 6.89. The molecule has 2 fully saturated rings. The molecular formula is C19H26N2O2. The first-order valence-corrected chi connectivity index (χ1v) is 8.74. The van der Waals surface area contributed by atoms with Crippen LogP contribution in [0.3, 0.4) is 0 Å². The third-order valence-corrected chi connectivity index (χ3v) is 4.91. The van der Waals surface area contributed by atoms with E-state index in [1.165, 1.54) is 6.42 Å². The van der Waals surface area contributed by atoms with Crippen molar-refractivity contribution >= 4 is 17.5 Å². The van der Waals surface area contributed by atoms with Crippen LogP contribution in [0.2, 0.25) is 0 Å². The molecule has 2 saturated heterocycles. The molecule has 0 N–H and O–H groups in total. The normalized spacial score (nSPS) is 25.6. The summed E-state index contributed by atoms with van der Waals surface area (Å²) in [5.41, 5.74) is 1.63. The monoisotopic (exact) mass is 314 g/mol. The standard InChI is InChI=1S/C19H26N2O2/c1-14-11-15(2)13-20(12-14)19(23)16-6-8-17(9-7-16)21-10-4-3-5-18(21)22/h6-9,14-15H,3-5,10-13H2,1-2H3. The van der Waals surface area contributed by atoms with Gasteiger partial charge in [0.05, 0.1) is 0 Å². The van der Waals surface area contributed by atoms with Crippen LogP contribution in [0.15, 0.2) is 24.3 Å². The third-order valence-electron chi connectivity index (χ3n) is 4.91. The number of rotatable bonds is 2. The Morgan fingerprint density at radius 2 is 1.70 bits per heavy atom. The van der Waals surface area contributed by atoms with Gasteiger partial charge in [-0.3, -0.25) is 9.59 Å². The molecule has 0 bridgehead atoms. The summed E-state index contributed by atoms with van der Waals surface area (Å²) >= 11 is 0. The third kappa shape index (κ3) is 3.57. The maximum Gasteiger partial charge on any atom is 0.253 e. The lowest BCUT2D eigenvalue weighted by Gasteiger charge is -2.35. The van der Waals surface area contributed by atoms with E-state index in [1.807, 2.05) is 34.1 Å². The second kappa shape index (κ2) is 6.73. The Morgan fingerprint density at radius 1 is 1.04 bits per heavy atom. The van der Waals surface area contributed by atoms with Crippen LogP contribution >= 0.6 is 0 Å². The average Bonchev–Trinajstić information content (AvgIpc) is 2.54. The minimum atomic E-state index is 0.111. The van der Waals surface area contributed by atoms with Gasteiger partial charge in [-0.2, -0.15) is 0 Å². The Hall–Kier alpha value is -1.84. The van der Waals surface area contributed by atoms with Gasteiger partial charge in [-0.1, -0.05) is 13.8 Å². The number of nitrogens with zero attached hydrogens (tertiary/aromatic N) is 2. The number of carbonyl (C=O) groups is 2. The van der Waals surface area contributed by atoms with Crippen molar-refractivity contribution in [2.45, 2.75) is 39.5 Å². The van der Waals surface area contributed by atoms with Crippen LogP contribution in [0.25, 0.3) is 0 Å². The molecule has 23 heavy (non-hydrogen) atoms. The lowest BCUT2D eigenvalue weighted by molar-refractivity contribution is -0.119. The number of benzene rings is 1. The molecule has 2 aliphatic heterocycles. The SMILES string of the molecule is CC1CC(C)CN(C(=O)c2ccc(N3CCCCC3=O)cc2)C1. The maximum absolute atomic E-state index is 12.7. The fourth-order valence-corrected chi connectivity index (χ4v) is 3.87. The van der Waals surface area contributed by atoms with Crippen molar-refractivity contribution < 1.29 is 9.59 Å². The number of amides is 2. The number of piperidine rings is 2. The summed E-state index contributed by atoms with van der Waals surface area (Å²) in [4.78, 5) is 28.5. The summed E-state index contributed by atoms with van der Waals surface area (Å²) in [6, 6.07) is 7.55. The smallest absolute Gasteiger partial charge is 0.253 e. The second-order valence-corrected chi connectivity index (χ2v) is 7.21. The molecule has 2 amide bonds. The highest BCUT2D eigenvalue weighted by Crippen LogP contribution is 2.24. The molecule has 1 aromatic rings. The van der Waals surface area contributed by atoms with Gasteiger partial charge in [-0.25, -0.2) is 0 Å². The molecule has 3 rings (SSSR count). The van der Waals surface area contributed by atoms with Crippen LogP contribution in [0.4, 0.5) is 5.69 Å². The highest BCUT2D eigenvalue weighted by Gasteiger charge is 2.26. The van der Waals surface area contributed by atoms with Gasteiger partial charge in [0.15, 0.2) is 0 Å². The summed E-state index contributed by atoms with van der Waals surface area (Å²) in [7, 11) is 0. The molecule has 0 aliphatic carbocycles. The van der Waals surface area contributed by atoms with Crippen molar-refractivity contribution in [3.8, 4) is 0 Å². The highest BCUT2D eigenvalue weighted by atomic mass is 16.2. The fraction of sp³-hybridized carbons (Fsp3) is 0.579. The zero-order chi connectivity index (χ0) is 16.4. The molecule has 2 unspecified atom stereocenters. The van der Waals surface area contributed by atoms with Crippen LogP contribution in [-0.2, 0) is 4.79 Å². The van der Waals surface area contributed by atoms with Gasteiger partial charge in [0.1, 0.15) is 0 Å². The minimum absolute atomic E-state index is 0.111. The topological polar surface area (TPSA) is 40.6 Å². The molecule has 4 nitrogen and oxygen atoms in total. The first kappa shape index (κ1) is 16.0. The number of hydrogen-bond donors (Lipinski definition) is 0. The molecule has 0 spiro atoms. The predicted octanol–water partition coefficient (Wildman–Crippen LogP) is 3.32. The van der Waals surface area contributed by atoms with Crippen molar-refractivity contribution in [1.82, 2.24) is 4.90 Å². The maximum atomic E-state index is 12.7. The summed E-state index contributed by atoms with van der Waals surface area (Å²) in [5, 5.41) is 0. The molecular weight excluding hydrogens is 288 g/mol. The van der Waals surface area contributed by atoms with Gasteiger partial charge in [0.2, 0.25) is 5.91 Å². The Bertz CT molecular complexity index is 572. The summed E-state index contributed by atoms with van der Waals surface area (Å²) < 4.78 is 0. The molecule has 4 heteroatoms. The van der Waals surface area contributed by atoms with Gasteiger partial charge < -0.3 is 9.80 Å². The summed E-state index contributed by atoms with van der Waals surface area (Å²) in [6.07, 6.45) is 3.86.